The molecule has 0 spiro atoms. The zero-order valence-corrected chi connectivity index (χ0v) is 15.1. The number of aromatic amines is 1. The van der Waals surface area contributed by atoms with Crippen LogP contribution in [0.3, 0.4) is 0 Å². The molecule has 1 heterocycles. The molecular formula is C19H19N3O2S. The Bertz CT molecular complexity index is 956. The molecule has 5 nitrogen and oxygen atoms in total. The zero-order valence-electron chi connectivity index (χ0n) is 14.3. The maximum absolute atomic E-state index is 5.40. The summed E-state index contributed by atoms with van der Waals surface area (Å²) in [5, 5.41) is 7.16. The summed E-state index contributed by atoms with van der Waals surface area (Å²) in [6.45, 7) is 2.05. The number of nitrogens with one attached hydrogen (secondary N) is 1. The van der Waals surface area contributed by atoms with E-state index in [1.165, 1.54) is 5.56 Å². The Labute approximate surface area is 151 Å². The summed E-state index contributed by atoms with van der Waals surface area (Å²) in [5.74, 6) is 2.23. The van der Waals surface area contributed by atoms with Crippen LogP contribution in [0.15, 0.2) is 42.5 Å². The van der Waals surface area contributed by atoms with Crippen molar-refractivity contribution in [3.8, 4) is 17.2 Å². The van der Waals surface area contributed by atoms with Gasteiger partial charge in [-0.15, -0.1) is 0 Å². The molecule has 0 aliphatic heterocycles. The van der Waals surface area contributed by atoms with Crippen molar-refractivity contribution in [3.05, 3.63) is 64.2 Å². The fourth-order valence-electron chi connectivity index (χ4n) is 2.50. The van der Waals surface area contributed by atoms with Crippen molar-refractivity contribution >= 4 is 24.4 Å². The minimum Gasteiger partial charge on any atom is -0.497 e. The van der Waals surface area contributed by atoms with Crippen molar-refractivity contribution in [1.29, 1.82) is 0 Å². The van der Waals surface area contributed by atoms with Gasteiger partial charge in [-0.2, -0.15) is 5.10 Å². The van der Waals surface area contributed by atoms with Crippen molar-refractivity contribution in [2.45, 2.75) is 6.92 Å². The Morgan fingerprint density at radius 1 is 1.04 bits per heavy atom. The second kappa shape index (κ2) is 7.36. The first kappa shape index (κ1) is 17.0. The van der Waals surface area contributed by atoms with Crippen LogP contribution in [-0.2, 0) is 0 Å². The first-order valence-corrected chi connectivity index (χ1v) is 8.18. The molecule has 1 aromatic heterocycles. The number of aromatic nitrogens is 3. The van der Waals surface area contributed by atoms with Crippen LogP contribution >= 0.6 is 12.2 Å². The highest BCUT2D eigenvalue weighted by atomic mass is 32.1. The van der Waals surface area contributed by atoms with Crippen LogP contribution in [-0.4, -0.2) is 29.0 Å². The van der Waals surface area contributed by atoms with Gasteiger partial charge in [0.15, 0.2) is 10.6 Å². The molecule has 0 bridgehead atoms. The number of nitrogens with zero attached hydrogens (tertiary/aromatic N) is 2. The number of hydrogen-bond donors (Lipinski definition) is 1. The van der Waals surface area contributed by atoms with Gasteiger partial charge < -0.3 is 9.47 Å². The number of hydrogen-bond acceptors (Lipinski definition) is 4. The van der Waals surface area contributed by atoms with Crippen LogP contribution in [0.4, 0.5) is 0 Å². The van der Waals surface area contributed by atoms with Gasteiger partial charge in [0.25, 0.3) is 0 Å². The Morgan fingerprint density at radius 2 is 1.80 bits per heavy atom. The van der Waals surface area contributed by atoms with Gasteiger partial charge >= 0.3 is 0 Å². The summed E-state index contributed by atoms with van der Waals surface area (Å²) in [4.78, 5) is 0. The van der Waals surface area contributed by atoms with Crippen LogP contribution in [0.25, 0.3) is 17.8 Å². The summed E-state index contributed by atoms with van der Waals surface area (Å²) in [6, 6.07) is 13.8. The summed E-state index contributed by atoms with van der Waals surface area (Å²) >= 11 is 5.37. The minimum atomic E-state index is 0.543. The standard InChI is InChI=1S/C19H19N3O2S/c1-13-4-7-15(8-5-13)22-18(20-21-19(22)25)11-6-14-12-16(23-2)9-10-17(14)24-3/h4-12H,1-3H3,(H,21,25)/b11-6+. The monoisotopic (exact) mass is 353 g/mol. The molecule has 0 saturated heterocycles. The van der Waals surface area contributed by atoms with E-state index in [9.17, 15) is 0 Å². The third-order valence-electron chi connectivity index (χ3n) is 3.84. The van der Waals surface area contributed by atoms with Crippen molar-refractivity contribution in [1.82, 2.24) is 14.8 Å². The lowest BCUT2D eigenvalue weighted by molar-refractivity contribution is 0.402. The third kappa shape index (κ3) is 3.64. The van der Waals surface area contributed by atoms with E-state index >= 15 is 0 Å². The van der Waals surface area contributed by atoms with Crippen molar-refractivity contribution in [2.24, 2.45) is 0 Å². The molecule has 6 heteroatoms. The predicted molar refractivity (Wildman–Crippen MR) is 102 cm³/mol. The molecule has 0 aliphatic rings. The Balaban J connectivity index is 2.01. The second-order valence-corrected chi connectivity index (χ2v) is 5.89. The van der Waals surface area contributed by atoms with Crippen LogP contribution in [0.2, 0.25) is 0 Å². The fraction of sp³-hybridized carbons (Fsp3) is 0.158. The van der Waals surface area contributed by atoms with Gasteiger partial charge in [0.1, 0.15) is 11.5 Å². The van der Waals surface area contributed by atoms with Gasteiger partial charge in [0, 0.05) is 11.3 Å². The molecule has 3 aromatic rings. The molecule has 0 fully saturated rings. The van der Waals surface area contributed by atoms with E-state index in [0.717, 1.165) is 22.7 Å². The van der Waals surface area contributed by atoms with E-state index in [-0.39, 0.29) is 0 Å². The van der Waals surface area contributed by atoms with E-state index in [1.54, 1.807) is 14.2 Å². The molecular weight excluding hydrogens is 334 g/mol. The number of ether oxygens (including phenoxy) is 2. The highest BCUT2D eigenvalue weighted by Gasteiger charge is 2.07. The number of aryl methyl sites for hydroxylation is 1. The first-order valence-electron chi connectivity index (χ1n) is 7.77. The second-order valence-electron chi connectivity index (χ2n) is 5.50. The average molecular weight is 353 g/mol. The minimum absolute atomic E-state index is 0.543. The van der Waals surface area contributed by atoms with E-state index in [4.69, 9.17) is 21.7 Å². The van der Waals surface area contributed by atoms with Crippen molar-refractivity contribution < 1.29 is 9.47 Å². The zero-order chi connectivity index (χ0) is 17.8. The maximum atomic E-state index is 5.40. The topological polar surface area (TPSA) is 52.1 Å². The summed E-state index contributed by atoms with van der Waals surface area (Å²) < 4.78 is 13.1. The number of rotatable bonds is 5. The highest BCUT2D eigenvalue weighted by Crippen LogP contribution is 2.26. The van der Waals surface area contributed by atoms with Crippen LogP contribution in [0, 0.1) is 11.7 Å². The van der Waals surface area contributed by atoms with E-state index in [0.29, 0.717) is 10.6 Å². The van der Waals surface area contributed by atoms with E-state index in [2.05, 4.69) is 10.2 Å². The molecule has 25 heavy (non-hydrogen) atoms. The fourth-order valence-corrected chi connectivity index (χ4v) is 2.74. The lowest BCUT2D eigenvalue weighted by atomic mass is 10.1. The van der Waals surface area contributed by atoms with Gasteiger partial charge in [-0.1, -0.05) is 17.7 Å². The number of methoxy groups -OCH3 is 2. The molecule has 2 aromatic carbocycles. The SMILES string of the molecule is COc1ccc(OC)c(/C=C/c2n[nH]c(=S)n2-c2ccc(C)cc2)c1. The maximum Gasteiger partial charge on any atom is 0.200 e. The lowest BCUT2D eigenvalue weighted by Crippen LogP contribution is -1.97. The van der Waals surface area contributed by atoms with Gasteiger partial charge in [0.05, 0.1) is 14.2 Å². The van der Waals surface area contributed by atoms with Gasteiger partial charge in [0.2, 0.25) is 0 Å². The van der Waals surface area contributed by atoms with E-state index in [1.807, 2.05) is 66.1 Å². The molecule has 0 amide bonds. The smallest absolute Gasteiger partial charge is 0.200 e. The Morgan fingerprint density at radius 3 is 2.48 bits per heavy atom. The molecule has 0 saturated carbocycles. The molecule has 0 aliphatic carbocycles. The lowest BCUT2D eigenvalue weighted by Gasteiger charge is -2.07. The average Bonchev–Trinajstić information content (AvgIpc) is 3.01. The molecule has 0 atom stereocenters. The van der Waals surface area contributed by atoms with Crippen LogP contribution in [0.1, 0.15) is 17.0 Å². The molecule has 0 unspecified atom stereocenters. The number of H-pyrrole nitrogens is 1. The summed E-state index contributed by atoms with van der Waals surface area (Å²) in [5.41, 5.74) is 3.05. The predicted octanol–water partition coefficient (Wildman–Crippen LogP) is 4.43. The molecule has 1 N–H and O–H groups in total. The summed E-state index contributed by atoms with van der Waals surface area (Å²) in [7, 11) is 3.28. The Kier molecular flexibility index (Phi) is 5.00. The van der Waals surface area contributed by atoms with Gasteiger partial charge in [-0.3, -0.25) is 9.67 Å². The van der Waals surface area contributed by atoms with Crippen molar-refractivity contribution in [3.63, 3.8) is 0 Å². The van der Waals surface area contributed by atoms with Crippen LogP contribution < -0.4 is 9.47 Å². The van der Waals surface area contributed by atoms with Gasteiger partial charge in [-0.25, -0.2) is 0 Å². The molecule has 128 valence electrons. The van der Waals surface area contributed by atoms with Gasteiger partial charge in [-0.05, 0) is 61.6 Å². The quantitative estimate of drug-likeness (QED) is 0.690. The summed E-state index contributed by atoms with van der Waals surface area (Å²) in [6.07, 6.45) is 3.82. The molecule has 3 rings (SSSR count). The number of benzene rings is 2. The molecule has 0 radical (unpaired) electrons. The Hall–Kier alpha value is -2.86. The first-order chi connectivity index (χ1) is 12.1. The highest BCUT2D eigenvalue weighted by molar-refractivity contribution is 7.71. The van der Waals surface area contributed by atoms with E-state index < -0.39 is 0 Å². The van der Waals surface area contributed by atoms with Crippen molar-refractivity contribution in [2.75, 3.05) is 14.2 Å². The largest absolute Gasteiger partial charge is 0.497 e. The van der Waals surface area contributed by atoms with Crippen LogP contribution in [0.5, 0.6) is 11.5 Å². The third-order valence-corrected chi connectivity index (χ3v) is 4.11. The normalized spacial score (nSPS) is 11.0.